The SMILES string of the molecule is CCOc1ccc(C(Cl)C2(CC)CCCC2)cc1Br. The minimum atomic E-state index is 0.104. The topological polar surface area (TPSA) is 9.23 Å². The summed E-state index contributed by atoms with van der Waals surface area (Å²) >= 11 is 10.4. The van der Waals surface area contributed by atoms with Gasteiger partial charge in [-0.1, -0.05) is 25.8 Å². The lowest BCUT2D eigenvalue weighted by Crippen LogP contribution is -2.21. The molecule has 1 aliphatic carbocycles. The third-order valence-electron chi connectivity index (χ3n) is 4.39. The number of benzene rings is 1. The molecule has 0 spiro atoms. The molecule has 1 aromatic rings. The van der Waals surface area contributed by atoms with E-state index in [2.05, 4.69) is 35.0 Å². The molecule has 0 heterocycles. The monoisotopic (exact) mass is 344 g/mol. The van der Waals surface area contributed by atoms with E-state index >= 15 is 0 Å². The Kier molecular flexibility index (Phi) is 5.19. The highest BCUT2D eigenvalue weighted by Crippen LogP contribution is 2.53. The van der Waals surface area contributed by atoms with Gasteiger partial charge in [-0.25, -0.2) is 0 Å². The van der Waals surface area contributed by atoms with Crippen molar-refractivity contribution in [3.05, 3.63) is 28.2 Å². The van der Waals surface area contributed by atoms with Gasteiger partial charge in [-0.2, -0.15) is 0 Å². The Balaban J connectivity index is 2.23. The van der Waals surface area contributed by atoms with E-state index in [0.717, 1.165) is 16.6 Å². The van der Waals surface area contributed by atoms with Crippen LogP contribution < -0.4 is 4.74 Å². The van der Waals surface area contributed by atoms with Crippen LogP contribution in [0.3, 0.4) is 0 Å². The predicted molar refractivity (Wildman–Crippen MR) is 85.1 cm³/mol. The third kappa shape index (κ3) is 3.11. The molecule has 1 aromatic carbocycles. The first-order chi connectivity index (χ1) is 9.13. The van der Waals surface area contributed by atoms with E-state index in [0.29, 0.717) is 6.61 Å². The standard InChI is InChI=1S/C16H22BrClO/c1-3-16(9-5-6-10-16)15(18)12-7-8-14(19-4-2)13(17)11-12/h7-8,11,15H,3-6,9-10H2,1-2H3. The van der Waals surface area contributed by atoms with Gasteiger partial charge in [0.25, 0.3) is 0 Å². The van der Waals surface area contributed by atoms with Crippen LogP contribution >= 0.6 is 27.5 Å². The van der Waals surface area contributed by atoms with Crippen LogP contribution in [-0.4, -0.2) is 6.61 Å². The molecular weight excluding hydrogens is 324 g/mol. The highest BCUT2D eigenvalue weighted by atomic mass is 79.9. The number of ether oxygens (including phenoxy) is 1. The summed E-state index contributed by atoms with van der Waals surface area (Å²) in [4.78, 5) is 0. The van der Waals surface area contributed by atoms with Crippen LogP contribution in [-0.2, 0) is 0 Å². The summed E-state index contributed by atoms with van der Waals surface area (Å²) in [7, 11) is 0. The number of alkyl halides is 1. The minimum Gasteiger partial charge on any atom is -0.493 e. The molecule has 0 aromatic heterocycles. The van der Waals surface area contributed by atoms with Crippen molar-refractivity contribution >= 4 is 27.5 Å². The van der Waals surface area contributed by atoms with Crippen LogP contribution in [0.5, 0.6) is 5.75 Å². The third-order valence-corrected chi connectivity index (χ3v) is 5.72. The van der Waals surface area contributed by atoms with Gasteiger partial charge >= 0.3 is 0 Å². The summed E-state index contributed by atoms with van der Waals surface area (Å²) in [6.45, 7) is 4.95. The maximum absolute atomic E-state index is 6.81. The maximum atomic E-state index is 6.81. The van der Waals surface area contributed by atoms with Gasteiger partial charge in [0.15, 0.2) is 0 Å². The van der Waals surface area contributed by atoms with E-state index in [1.807, 2.05) is 13.0 Å². The van der Waals surface area contributed by atoms with Gasteiger partial charge in [0.1, 0.15) is 5.75 Å². The smallest absolute Gasteiger partial charge is 0.133 e. The van der Waals surface area contributed by atoms with Crippen molar-refractivity contribution < 1.29 is 4.74 Å². The molecule has 0 N–H and O–H groups in total. The van der Waals surface area contributed by atoms with Crippen molar-refractivity contribution in [2.24, 2.45) is 5.41 Å². The average Bonchev–Trinajstić information content (AvgIpc) is 2.90. The Labute approximate surface area is 129 Å². The van der Waals surface area contributed by atoms with Crippen molar-refractivity contribution in [3.8, 4) is 5.75 Å². The van der Waals surface area contributed by atoms with E-state index in [4.69, 9.17) is 16.3 Å². The van der Waals surface area contributed by atoms with Gasteiger partial charge in [0.05, 0.1) is 16.5 Å². The Bertz CT molecular complexity index is 427. The summed E-state index contributed by atoms with van der Waals surface area (Å²) < 4.78 is 6.56. The summed E-state index contributed by atoms with van der Waals surface area (Å²) in [5.74, 6) is 0.895. The molecule has 1 unspecified atom stereocenters. The number of hydrogen-bond acceptors (Lipinski definition) is 1. The molecule has 106 valence electrons. The second-order valence-electron chi connectivity index (χ2n) is 5.41. The lowest BCUT2D eigenvalue weighted by atomic mass is 9.77. The summed E-state index contributed by atoms with van der Waals surface area (Å²) in [5, 5.41) is 0.104. The number of hydrogen-bond donors (Lipinski definition) is 0. The fraction of sp³-hybridized carbons (Fsp3) is 0.625. The molecule has 0 aliphatic heterocycles. The minimum absolute atomic E-state index is 0.104. The van der Waals surface area contributed by atoms with Crippen molar-refractivity contribution in [1.82, 2.24) is 0 Å². The summed E-state index contributed by atoms with van der Waals surface area (Å²) in [5.41, 5.74) is 1.49. The zero-order valence-electron chi connectivity index (χ0n) is 11.7. The molecule has 1 nitrogen and oxygen atoms in total. The van der Waals surface area contributed by atoms with E-state index in [1.165, 1.54) is 31.2 Å². The number of rotatable bonds is 5. The highest BCUT2D eigenvalue weighted by Gasteiger charge is 2.39. The Morgan fingerprint density at radius 1 is 1.32 bits per heavy atom. The summed E-state index contributed by atoms with van der Waals surface area (Å²) in [6.07, 6.45) is 6.29. The van der Waals surface area contributed by atoms with E-state index in [1.54, 1.807) is 0 Å². The van der Waals surface area contributed by atoms with Crippen molar-refractivity contribution in [1.29, 1.82) is 0 Å². The molecule has 0 bridgehead atoms. The van der Waals surface area contributed by atoms with E-state index < -0.39 is 0 Å². The van der Waals surface area contributed by atoms with Crippen molar-refractivity contribution in [2.75, 3.05) is 6.61 Å². The van der Waals surface area contributed by atoms with Crippen molar-refractivity contribution in [3.63, 3.8) is 0 Å². The second-order valence-corrected chi connectivity index (χ2v) is 6.70. The molecule has 19 heavy (non-hydrogen) atoms. The fourth-order valence-corrected chi connectivity index (χ4v) is 4.19. The average molecular weight is 346 g/mol. The predicted octanol–water partition coefficient (Wildman–Crippen LogP) is 6.10. The van der Waals surface area contributed by atoms with Gasteiger partial charge < -0.3 is 4.74 Å². The lowest BCUT2D eigenvalue weighted by Gasteiger charge is -2.33. The first-order valence-electron chi connectivity index (χ1n) is 7.19. The van der Waals surface area contributed by atoms with Crippen LogP contribution in [0.15, 0.2) is 22.7 Å². The van der Waals surface area contributed by atoms with Crippen LogP contribution in [0.1, 0.15) is 56.9 Å². The highest BCUT2D eigenvalue weighted by molar-refractivity contribution is 9.10. The largest absolute Gasteiger partial charge is 0.493 e. The first-order valence-corrected chi connectivity index (χ1v) is 8.42. The molecule has 0 radical (unpaired) electrons. The Hall–Kier alpha value is -0.210. The van der Waals surface area contributed by atoms with Gasteiger partial charge in [-0.05, 0) is 65.2 Å². The molecular formula is C16H22BrClO. The zero-order chi connectivity index (χ0) is 13.9. The fourth-order valence-electron chi connectivity index (χ4n) is 3.17. The van der Waals surface area contributed by atoms with Gasteiger partial charge in [0, 0.05) is 0 Å². The van der Waals surface area contributed by atoms with Crippen LogP contribution in [0.4, 0.5) is 0 Å². The van der Waals surface area contributed by atoms with Gasteiger partial charge in [0.2, 0.25) is 0 Å². The molecule has 1 atom stereocenters. The van der Waals surface area contributed by atoms with E-state index in [-0.39, 0.29) is 10.8 Å². The zero-order valence-corrected chi connectivity index (χ0v) is 14.1. The van der Waals surface area contributed by atoms with Crippen LogP contribution in [0.2, 0.25) is 0 Å². The molecule has 1 fully saturated rings. The molecule has 1 saturated carbocycles. The lowest BCUT2D eigenvalue weighted by molar-refractivity contribution is 0.270. The maximum Gasteiger partial charge on any atom is 0.133 e. The Morgan fingerprint density at radius 2 is 2.00 bits per heavy atom. The molecule has 0 amide bonds. The molecule has 3 heteroatoms. The number of halogens is 2. The first kappa shape index (κ1) is 15.2. The Morgan fingerprint density at radius 3 is 2.53 bits per heavy atom. The van der Waals surface area contributed by atoms with E-state index in [9.17, 15) is 0 Å². The van der Waals surface area contributed by atoms with Gasteiger partial charge in [-0.15, -0.1) is 11.6 Å². The molecule has 0 saturated heterocycles. The van der Waals surface area contributed by atoms with Gasteiger partial charge in [-0.3, -0.25) is 0 Å². The molecule has 2 rings (SSSR count). The molecule has 1 aliphatic rings. The normalized spacial score (nSPS) is 19.4. The quantitative estimate of drug-likeness (QED) is 0.586. The van der Waals surface area contributed by atoms with Crippen molar-refractivity contribution in [2.45, 2.75) is 51.3 Å². The van der Waals surface area contributed by atoms with Crippen LogP contribution in [0.25, 0.3) is 0 Å². The second kappa shape index (κ2) is 6.49. The van der Waals surface area contributed by atoms with Crippen LogP contribution in [0, 0.1) is 5.41 Å². The summed E-state index contributed by atoms with van der Waals surface area (Å²) in [6, 6.07) is 6.26.